The van der Waals surface area contributed by atoms with Gasteiger partial charge >= 0.3 is 26.7 Å². The van der Waals surface area contributed by atoms with Crippen LogP contribution in [0.15, 0.2) is 0 Å². The molecule has 220 valence electrons. The molecule has 37 heavy (non-hydrogen) atoms. The number of nitrogens with one attached hydrogen (secondary N) is 2. The molecule has 0 spiro atoms. The fourth-order valence-electron chi connectivity index (χ4n) is 3.10. The van der Waals surface area contributed by atoms with Crippen molar-refractivity contribution in [3.63, 3.8) is 0 Å². The second kappa shape index (κ2) is 17.4. The molecule has 0 saturated carbocycles. The first-order valence-corrected chi connectivity index (χ1v) is 16.8. The van der Waals surface area contributed by atoms with Crippen LogP contribution in [0.2, 0.25) is 18.6 Å². The summed E-state index contributed by atoms with van der Waals surface area (Å²) < 4.78 is 104. The first-order valence-electron chi connectivity index (χ1n) is 12.5. The molecule has 0 saturated heterocycles. The Kier molecular flexibility index (Phi) is 16.8. The highest BCUT2D eigenvalue weighted by Crippen LogP contribution is 2.30. The molecule has 0 aliphatic rings. The Morgan fingerprint density at radius 1 is 0.811 bits per heavy atom. The summed E-state index contributed by atoms with van der Waals surface area (Å²) in [5.41, 5.74) is 0. The normalized spacial score (nSPS) is 13.4. The highest BCUT2D eigenvalue weighted by Gasteiger charge is 2.47. The largest absolute Gasteiger partial charge is 0.500 e. The van der Waals surface area contributed by atoms with Gasteiger partial charge in [0.05, 0.1) is 0 Å². The average molecular weight is 587 g/mol. The van der Waals surface area contributed by atoms with Crippen molar-refractivity contribution in [1.29, 1.82) is 0 Å². The van der Waals surface area contributed by atoms with E-state index in [-0.39, 0.29) is 35.1 Å². The number of alkyl halides is 6. The number of hydrogen-bond donors (Lipinski definition) is 2. The summed E-state index contributed by atoms with van der Waals surface area (Å²) in [6, 6.07) is 1.05. The van der Waals surface area contributed by atoms with E-state index in [1.807, 2.05) is 17.2 Å². The molecule has 0 heterocycles. The highest BCUT2D eigenvalue weighted by molar-refractivity contribution is 6.60. The third-order valence-corrected chi connectivity index (χ3v) is 9.33. The molecule has 0 rings (SSSR count). The number of carbonyl (C=O) groups excluding carboxylic acids is 2. The maximum absolute atomic E-state index is 14.1. The van der Waals surface area contributed by atoms with E-state index in [0.29, 0.717) is 26.2 Å². The first-order chi connectivity index (χ1) is 17.2. The van der Waals surface area contributed by atoms with Crippen LogP contribution in [-0.2, 0) is 27.6 Å². The van der Waals surface area contributed by atoms with Gasteiger partial charge in [0.15, 0.2) is 0 Å². The van der Waals surface area contributed by atoms with Gasteiger partial charge in [-0.25, -0.2) is 8.78 Å². The number of hydrogen-bond acceptors (Lipinski definition) is 6. The first kappa shape index (κ1) is 35.8. The van der Waals surface area contributed by atoms with Crippen LogP contribution in [0.4, 0.5) is 26.3 Å². The lowest BCUT2D eigenvalue weighted by molar-refractivity contribution is -0.255. The summed E-state index contributed by atoms with van der Waals surface area (Å²) in [6.45, 7) is 5.93. The van der Waals surface area contributed by atoms with Gasteiger partial charge in [-0.2, -0.15) is 17.6 Å². The molecule has 0 fully saturated rings. The molecule has 16 heteroatoms. The number of carbonyl (C=O) groups is 2. The molecule has 0 atom stereocenters. The second-order valence-corrected chi connectivity index (χ2v) is 12.6. The zero-order valence-electron chi connectivity index (χ0n) is 21.9. The average Bonchev–Trinajstić information content (AvgIpc) is 2.82. The molecule has 0 aliphatic heterocycles. The van der Waals surface area contributed by atoms with Crippen molar-refractivity contribution in [1.82, 2.24) is 10.6 Å². The monoisotopic (exact) mass is 586 g/mol. The van der Waals surface area contributed by atoms with Crippen LogP contribution in [0.5, 0.6) is 0 Å². The van der Waals surface area contributed by atoms with E-state index in [1.165, 1.54) is 0 Å². The molecule has 0 unspecified atom stereocenters. The van der Waals surface area contributed by atoms with Crippen LogP contribution in [0, 0.1) is 0 Å². The smallest absolute Gasteiger partial charge is 0.374 e. The maximum Gasteiger partial charge on any atom is 0.500 e. The van der Waals surface area contributed by atoms with E-state index in [4.69, 9.17) is 13.3 Å². The molecule has 0 bridgehead atoms. The molecule has 0 aromatic heterocycles. The predicted molar refractivity (Wildman–Crippen MR) is 130 cm³/mol. The Morgan fingerprint density at radius 3 is 1.84 bits per heavy atom. The zero-order valence-corrected chi connectivity index (χ0v) is 24.3. The van der Waals surface area contributed by atoms with E-state index in [1.54, 1.807) is 20.8 Å². The van der Waals surface area contributed by atoms with Gasteiger partial charge in [-0.15, -0.1) is 0 Å². The summed E-state index contributed by atoms with van der Waals surface area (Å²) in [4.78, 5) is 23.3. The number of amides is 2. The Morgan fingerprint density at radius 2 is 1.32 bits per heavy atom. The van der Waals surface area contributed by atoms with Crippen molar-refractivity contribution >= 4 is 30.1 Å². The van der Waals surface area contributed by atoms with Crippen molar-refractivity contribution in [3.05, 3.63) is 0 Å². The highest BCUT2D eigenvalue weighted by atomic mass is 28.4. The van der Waals surface area contributed by atoms with E-state index in [9.17, 15) is 35.9 Å². The minimum Gasteiger partial charge on any atom is -0.374 e. The lowest BCUT2D eigenvalue weighted by atomic mass is 10.1. The third kappa shape index (κ3) is 14.5. The summed E-state index contributed by atoms with van der Waals surface area (Å²) in [5, 5.41) is 3.87. The van der Waals surface area contributed by atoms with Gasteiger partial charge in [0.25, 0.3) is 11.8 Å². The Labute approximate surface area is 217 Å². The van der Waals surface area contributed by atoms with Crippen LogP contribution in [0.1, 0.15) is 46.5 Å². The maximum atomic E-state index is 14.1. The minimum atomic E-state index is -4.55. The minimum absolute atomic E-state index is 0.0532. The van der Waals surface area contributed by atoms with Crippen LogP contribution < -0.4 is 10.6 Å². The van der Waals surface area contributed by atoms with Crippen LogP contribution >= 0.6 is 0 Å². The predicted octanol–water partition coefficient (Wildman–Crippen LogP) is 3.34. The number of ether oxygens (including phenoxy) is 1. The van der Waals surface area contributed by atoms with Crippen molar-refractivity contribution in [2.45, 2.75) is 83.0 Å². The fourth-order valence-corrected chi connectivity index (χ4v) is 6.47. The van der Waals surface area contributed by atoms with Crippen molar-refractivity contribution in [2.75, 3.05) is 39.5 Å². The standard InChI is InChI=1S/C21H40F6N2O6Si2/c1-5-33-37(34-6-2,35-7-3)15-9-13-28-17(30)20(24,25)11-10-19(22,23)16-32-21(26,27)18(31)29-12-8-14-36-4/h5-16,36H2,1-4H3,(H,28,30)(H,29,31). The third-order valence-electron chi connectivity index (χ3n) is 4.97. The zero-order chi connectivity index (χ0) is 28.6. The SMILES string of the molecule is CCO[Si](CCCNC(=O)C(F)(F)CCC(F)(F)COC(F)(F)C(=O)NCCC[SiH2]C)(OCC)OCC. The van der Waals surface area contributed by atoms with Crippen molar-refractivity contribution in [3.8, 4) is 0 Å². The van der Waals surface area contributed by atoms with Crippen LogP contribution in [0.3, 0.4) is 0 Å². The Hall–Kier alpha value is -1.21. The van der Waals surface area contributed by atoms with E-state index in [0.717, 1.165) is 6.04 Å². The Bertz CT molecular complexity index is 662. The summed E-state index contributed by atoms with van der Waals surface area (Å²) in [6.07, 6.45) is -7.11. The summed E-state index contributed by atoms with van der Waals surface area (Å²) >= 11 is 0. The van der Waals surface area contributed by atoms with Crippen molar-refractivity contribution < 1.29 is 53.9 Å². The van der Waals surface area contributed by atoms with Gasteiger partial charge < -0.3 is 28.6 Å². The van der Waals surface area contributed by atoms with Gasteiger partial charge in [-0.3, -0.25) is 9.59 Å². The lowest BCUT2D eigenvalue weighted by Crippen LogP contribution is -2.47. The summed E-state index contributed by atoms with van der Waals surface area (Å²) in [7, 11) is -3.35. The number of rotatable bonds is 22. The molecular formula is C21H40F6N2O6Si2. The van der Waals surface area contributed by atoms with Gasteiger partial charge in [0.2, 0.25) is 0 Å². The lowest BCUT2D eigenvalue weighted by Gasteiger charge is -2.28. The van der Waals surface area contributed by atoms with Gasteiger partial charge in [-0.1, -0.05) is 12.6 Å². The van der Waals surface area contributed by atoms with Gasteiger partial charge in [0, 0.05) is 61.3 Å². The summed E-state index contributed by atoms with van der Waals surface area (Å²) in [5.74, 6) is -12.0. The molecule has 8 nitrogen and oxygen atoms in total. The van der Waals surface area contributed by atoms with Gasteiger partial charge in [0.1, 0.15) is 6.61 Å². The molecular weight excluding hydrogens is 546 g/mol. The van der Waals surface area contributed by atoms with E-state index in [2.05, 4.69) is 4.74 Å². The molecule has 0 radical (unpaired) electrons. The number of halogens is 6. The molecule has 0 aliphatic carbocycles. The fraction of sp³-hybridized carbons (Fsp3) is 0.905. The Balaban J connectivity index is 4.66. The molecule has 2 amide bonds. The van der Waals surface area contributed by atoms with Crippen LogP contribution in [0.25, 0.3) is 0 Å². The van der Waals surface area contributed by atoms with E-state index >= 15 is 0 Å². The van der Waals surface area contributed by atoms with Gasteiger partial charge in [-0.05, 0) is 33.6 Å². The quantitative estimate of drug-likeness (QED) is 0.115. The molecule has 2 N–H and O–H groups in total. The molecule has 0 aromatic carbocycles. The van der Waals surface area contributed by atoms with E-state index < -0.39 is 58.0 Å². The van der Waals surface area contributed by atoms with Crippen LogP contribution in [-0.4, -0.2) is 87.6 Å². The topological polar surface area (TPSA) is 95.1 Å². The molecule has 0 aromatic rings. The second-order valence-electron chi connectivity index (χ2n) is 8.17. The van der Waals surface area contributed by atoms with Crippen molar-refractivity contribution in [2.24, 2.45) is 0 Å².